The van der Waals surface area contributed by atoms with Crippen LogP contribution in [0.4, 0.5) is 0 Å². The number of hydrogen-bond donors (Lipinski definition) is 1. The predicted octanol–water partition coefficient (Wildman–Crippen LogP) is 2.74. The van der Waals surface area contributed by atoms with Gasteiger partial charge in [-0.1, -0.05) is 0 Å². The number of nitrogens with one attached hydrogen (secondary N) is 1. The molecule has 0 bridgehead atoms. The summed E-state index contributed by atoms with van der Waals surface area (Å²) in [5.41, 5.74) is 1.74. The molecule has 0 aliphatic heterocycles. The summed E-state index contributed by atoms with van der Waals surface area (Å²) >= 11 is 0. The van der Waals surface area contributed by atoms with E-state index in [1.807, 2.05) is 0 Å². The topological polar surface area (TPSA) is 92.6 Å². The summed E-state index contributed by atoms with van der Waals surface area (Å²) < 4.78 is 10.1. The number of Topliss-reactive ketones (excluding diaryl/α,β-unsaturated/α-hetero) is 1. The van der Waals surface area contributed by atoms with Crippen molar-refractivity contribution in [3.63, 3.8) is 0 Å². The van der Waals surface area contributed by atoms with E-state index in [1.165, 1.54) is 18.2 Å². The molecule has 0 aromatic carbocycles. The van der Waals surface area contributed by atoms with Gasteiger partial charge < -0.3 is 19.0 Å². The summed E-state index contributed by atoms with van der Waals surface area (Å²) in [6, 6.07) is 2.43. The van der Waals surface area contributed by atoms with Crippen molar-refractivity contribution < 1.29 is 23.5 Å². The maximum atomic E-state index is 12.9. The molecule has 7 nitrogen and oxygen atoms in total. The molecular formula is C18H22N2O5. The third-order valence-electron chi connectivity index (χ3n) is 4.18. The van der Waals surface area contributed by atoms with E-state index in [9.17, 15) is 14.4 Å². The van der Waals surface area contributed by atoms with Crippen LogP contribution in [0.25, 0.3) is 0 Å². The number of rotatable bonds is 6. The van der Waals surface area contributed by atoms with Crippen molar-refractivity contribution in [3.05, 3.63) is 46.7 Å². The molecule has 2 rings (SSSR count). The number of aryl methyl sites for hydroxylation is 1. The lowest BCUT2D eigenvalue weighted by Gasteiger charge is -2.23. The molecule has 2 aromatic rings. The fraction of sp³-hybridized carbons (Fsp3) is 0.389. The van der Waals surface area contributed by atoms with E-state index in [2.05, 4.69) is 4.98 Å². The van der Waals surface area contributed by atoms with Gasteiger partial charge in [0.1, 0.15) is 5.69 Å². The molecule has 0 aliphatic carbocycles. The van der Waals surface area contributed by atoms with E-state index in [0.717, 1.165) is 0 Å². The summed E-state index contributed by atoms with van der Waals surface area (Å²) in [7, 11) is 1.54. The van der Waals surface area contributed by atoms with Crippen LogP contribution in [0.15, 0.2) is 22.8 Å². The Hall–Kier alpha value is -2.83. The molecule has 1 N–H and O–H groups in total. The van der Waals surface area contributed by atoms with Crippen molar-refractivity contribution in [1.82, 2.24) is 9.88 Å². The van der Waals surface area contributed by atoms with Crippen molar-refractivity contribution in [1.29, 1.82) is 0 Å². The van der Waals surface area contributed by atoms with Gasteiger partial charge in [-0.2, -0.15) is 0 Å². The molecule has 7 heteroatoms. The lowest BCUT2D eigenvalue weighted by atomic mass is 10.00. The van der Waals surface area contributed by atoms with Crippen molar-refractivity contribution in [3.8, 4) is 0 Å². The second-order valence-electron chi connectivity index (χ2n) is 5.78. The molecule has 25 heavy (non-hydrogen) atoms. The Kier molecular flexibility index (Phi) is 5.46. The van der Waals surface area contributed by atoms with Gasteiger partial charge in [-0.3, -0.25) is 9.59 Å². The lowest BCUT2D eigenvalue weighted by Crippen LogP contribution is -2.40. The minimum Gasteiger partial charge on any atom is -0.461 e. The first kappa shape index (κ1) is 18.5. The van der Waals surface area contributed by atoms with E-state index in [1.54, 1.807) is 39.8 Å². The van der Waals surface area contributed by atoms with Gasteiger partial charge in [0.2, 0.25) is 0 Å². The maximum Gasteiger partial charge on any atom is 0.355 e. The van der Waals surface area contributed by atoms with Gasteiger partial charge in [-0.25, -0.2) is 4.79 Å². The number of hydrogen-bond acceptors (Lipinski definition) is 5. The highest BCUT2D eigenvalue weighted by Gasteiger charge is 2.30. The van der Waals surface area contributed by atoms with E-state index in [-0.39, 0.29) is 29.8 Å². The smallest absolute Gasteiger partial charge is 0.355 e. The SMILES string of the molecule is CCOC(=O)c1[nH]c(C)c(C(=O)[C@H](C)N(C)C(=O)c2ccco2)c1C. The number of furan rings is 1. The summed E-state index contributed by atoms with van der Waals surface area (Å²) in [5, 5.41) is 0. The Balaban J connectivity index is 2.28. The lowest BCUT2D eigenvalue weighted by molar-refractivity contribution is 0.0519. The highest BCUT2D eigenvalue weighted by Crippen LogP contribution is 2.22. The third kappa shape index (κ3) is 3.50. The minimum absolute atomic E-state index is 0.164. The fourth-order valence-corrected chi connectivity index (χ4v) is 2.66. The average Bonchev–Trinajstić information content (AvgIpc) is 3.21. The second kappa shape index (κ2) is 7.38. The normalized spacial score (nSPS) is 11.9. The first-order chi connectivity index (χ1) is 11.8. The number of H-pyrrole nitrogens is 1. The summed E-state index contributed by atoms with van der Waals surface area (Å²) in [4.78, 5) is 41.5. The van der Waals surface area contributed by atoms with Gasteiger partial charge >= 0.3 is 5.97 Å². The molecule has 0 radical (unpaired) electrons. The largest absolute Gasteiger partial charge is 0.461 e. The molecule has 1 amide bonds. The Bertz CT molecular complexity index is 789. The molecule has 2 aromatic heterocycles. The van der Waals surface area contributed by atoms with Crippen LogP contribution in [0.1, 0.15) is 56.5 Å². The zero-order chi connectivity index (χ0) is 18.7. The number of esters is 1. The molecule has 0 saturated heterocycles. The Morgan fingerprint density at radius 2 is 2.00 bits per heavy atom. The zero-order valence-electron chi connectivity index (χ0n) is 15.0. The molecule has 2 heterocycles. The van der Waals surface area contributed by atoms with Crippen LogP contribution in [0, 0.1) is 13.8 Å². The summed E-state index contributed by atoms with van der Waals surface area (Å²) in [6.45, 7) is 7.00. The van der Waals surface area contributed by atoms with Gasteiger partial charge in [0.15, 0.2) is 11.5 Å². The zero-order valence-corrected chi connectivity index (χ0v) is 15.0. The monoisotopic (exact) mass is 346 g/mol. The third-order valence-corrected chi connectivity index (χ3v) is 4.18. The highest BCUT2D eigenvalue weighted by atomic mass is 16.5. The summed E-state index contributed by atoms with van der Waals surface area (Å²) in [5.74, 6) is -0.988. The molecule has 0 fully saturated rings. The van der Waals surface area contributed by atoms with Crippen LogP contribution in [0.2, 0.25) is 0 Å². The van der Waals surface area contributed by atoms with Gasteiger partial charge in [-0.05, 0) is 45.4 Å². The van der Waals surface area contributed by atoms with Crippen LogP contribution < -0.4 is 0 Å². The number of carbonyl (C=O) groups is 3. The average molecular weight is 346 g/mol. The Labute approximate surface area is 145 Å². The quantitative estimate of drug-likeness (QED) is 0.641. The Morgan fingerprint density at radius 1 is 1.32 bits per heavy atom. The number of nitrogens with zero attached hydrogens (tertiary/aromatic N) is 1. The Morgan fingerprint density at radius 3 is 2.56 bits per heavy atom. The molecule has 0 unspecified atom stereocenters. The van der Waals surface area contributed by atoms with Gasteiger partial charge in [0.05, 0.1) is 18.9 Å². The number of amides is 1. The number of aromatic nitrogens is 1. The van der Waals surface area contributed by atoms with Crippen LogP contribution in [0.5, 0.6) is 0 Å². The van der Waals surface area contributed by atoms with Gasteiger partial charge in [0, 0.05) is 18.3 Å². The van der Waals surface area contributed by atoms with Crippen LogP contribution in [-0.2, 0) is 4.74 Å². The molecule has 1 atom stereocenters. The van der Waals surface area contributed by atoms with Crippen molar-refractivity contribution in [2.45, 2.75) is 33.7 Å². The second-order valence-corrected chi connectivity index (χ2v) is 5.78. The van der Waals surface area contributed by atoms with E-state index < -0.39 is 12.0 Å². The number of likely N-dealkylation sites (N-methyl/N-ethyl adjacent to an activating group) is 1. The molecule has 134 valence electrons. The predicted molar refractivity (Wildman–Crippen MR) is 90.8 cm³/mol. The van der Waals surface area contributed by atoms with Crippen molar-refractivity contribution in [2.24, 2.45) is 0 Å². The number of aromatic amines is 1. The van der Waals surface area contributed by atoms with E-state index in [4.69, 9.17) is 9.15 Å². The van der Waals surface area contributed by atoms with Gasteiger partial charge in [0.25, 0.3) is 5.91 Å². The van der Waals surface area contributed by atoms with Crippen LogP contribution >= 0.6 is 0 Å². The molecule has 0 spiro atoms. The molecule has 0 aliphatic rings. The molecule has 0 saturated carbocycles. The number of ketones is 1. The van der Waals surface area contributed by atoms with Crippen molar-refractivity contribution >= 4 is 17.7 Å². The number of carbonyl (C=O) groups excluding carboxylic acids is 3. The minimum atomic E-state index is -0.721. The first-order valence-electron chi connectivity index (χ1n) is 8.00. The van der Waals surface area contributed by atoms with Crippen molar-refractivity contribution in [2.75, 3.05) is 13.7 Å². The maximum absolute atomic E-state index is 12.9. The van der Waals surface area contributed by atoms with Crippen LogP contribution in [-0.4, -0.2) is 47.2 Å². The van der Waals surface area contributed by atoms with Crippen LogP contribution in [0.3, 0.4) is 0 Å². The standard InChI is InChI=1S/C18H22N2O5/c1-6-24-18(23)15-10(2)14(11(3)19-15)16(21)12(4)20(5)17(22)13-8-7-9-25-13/h7-9,12,19H,6H2,1-5H3/t12-/m0/s1. The van der Waals surface area contributed by atoms with Gasteiger partial charge in [-0.15, -0.1) is 0 Å². The van der Waals surface area contributed by atoms with E-state index >= 15 is 0 Å². The number of ether oxygens (including phenoxy) is 1. The fourth-order valence-electron chi connectivity index (χ4n) is 2.66. The van der Waals surface area contributed by atoms with E-state index in [0.29, 0.717) is 16.8 Å². The summed E-state index contributed by atoms with van der Waals surface area (Å²) in [6.07, 6.45) is 1.40. The highest BCUT2D eigenvalue weighted by molar-refractivity contribution is 6.07. The first-order valence-corrected chi connectivity index (χ1v) is 8.00. The molecular weight excluding hydrogens is 324 g/mol.